The average molecular weight is 353 g/mol. The van der Waals surface area contributed by atoms with Crippen molar-refractivity contribution in [1.29, 1.82) is 0 Å². The van der Waals surface area contributed by atoms with Crippen LogP contribution in [-0.2, 0) is 9.47 Å². The summed E-state index contributed by atoms with van der Waals surface area (Å²) >= 11 is 0. The van der Waals surface area contributed by atoms with Gasteiger partial charge in [-0.1, -0.05) is 13.8 Å². The summed E-state index contributed by atoms with van der Waals surface area (Å²) in [6.45, 7) is 4.91. The highest BCUT2D eigenvalue weighted by Crippen LogP contribution is 2.37. The highest BCUT2D eigenvalue weighted by molar-refractivity contribution is 5.99. The van der Waals surface area contributed by atoms with Crippen LogP contribution in [0.1, 0.15) is 24.2 Å². The molecule has 0 unspecified atom stereocenters. The van der Waals surface area contributed by atoms with Gasteiger partial charge in [0.2, 0.25) is 0 Å². The van der Waals surface area contributed by atoms with E-state index in [0.29, 0.717) is 19.7 Å². The Hall–Kier alpha value is -2.75. The number of methoxy groups -OCH3 is 1. The van der Waals surface area contributed by atoms with Crippen molar-refractivity contribution in [2.75, 3.05) is 31.7 Å². The maximum atomic E-state index is 12.1. The van der Waals surface area contributed by atoms with Gasteiger partial charge in [-0.15, -0.1) is 0 Å². The molecule has 10 heteroatoms. The molecule has 1 atom stereocenters. The van der Waals surface area contributed by atoms with E-state index in [-0.39, 0.29) is 23.3 Å². The van der Waals surface area contributed by atoms with Gasteiger partial charge in [0.05, 0.1) is 41.3 Å². The quantitative estimate of drug-likeness (QED) is 0.448. The van der Waals surface area contributed by atoms with Crippen LogP contribution in [0.3, 0.4) is 0 Å². The van der Waals surface area contributed by atoms with Crippen molar-refractivity contribution in [2.45, 2.75) is 20.0 Å². The number of rotatable bonds is 5. The fourth-order valence-corrected chi connectivity index (χ4v) is 2.73. The molecule has 1 aliphatic heterocycles. The first kappa shape index (κ1) is 18.6. The van der Waals surface area contributed by atoms with Crippen LogP contribution in [-0.4, -0.2) is 48.7 Å². The van der Waals surface area contributed by atoms with Crippen LogP contribution in [0.2, 0.25) is 0 Å². The number of hydrogen-bond donors (Lipinski definition) is 0. The van der Waals surface area contributed by atoms with Crippen molar-refractivity contribution in [3.63, 3.8) is 0 Å². The van der Waals surface area contributed by atoms with Crippen LogP contribution in [0.4, 0.5) is 17.1 Å². The molecule has 0 N–H and O–H groups in total. The molecule has 1 aliphatic rings. The molecule has 1 saturated heterocycles. The van der Waals surface area contributed by atoms with Crippen molar-refractivity contribution in [3.05, 3.63) is 37.9 Å². The Balaban J connectivity index is 2.62. The number of nitro benzene ring substituents is 2. The lowest BCUT2D eigenvalue weighted by Crippen LogP contribution is -2.45. The van der Waals surface area contributed by atoms with Crippen LogP contribution >= 0.6 is 0 Å². The third-order valence-electron chi connectivity index (χ3n) is 4.04. The second-order valence-electron chi connectivity index (χ2n) is 5.97. The fourth-order valence-electron chi connectivity index (χ4n) is 2.73. The number of morpholine rings is 1. The Kier molecular flexibility index (Phi) is 5.52. The van der Waals surface area contributed by atoms with Gasteiger partial charge >= 0.3 is 5.97 Å². The summed E-state index contributed by atoms with van der Waals surface area (Å²) in [4.78, 5) is 34.8. The number of anilines is 1. The predicted octanol–water partition coefficient (Wildman–Crippen LogP) is 2.15. The number of carbonyl (C=O) groups excluding carboxylic acids is 1. The van der Waals surface area contributed by atoms with Gasteiger partial charge < -0.3 is 14.4 Å². The van der Waals surface area contributed by atoms with Gasteiger partial charge in [0.25, 0.3) is 11.4 Å². The maximum Gasteiger partial charge on any atom is 0.340 e. The Morgan fingerprint density at radius 1 is 1.32 bits per heavy atom. The van der Waals surface area contributed by atoms with Crippen LogP contribution in [0.15, 0.2) is 12.1 Å². The highest BCUT2D eigenvalue weighted by Gasteiger charge is 2.34. The van der Waals surface area contributed by atoms with E-state index >= 15 is 0 Å². The minimum atomic E-state index is -0.866. The zero-order chi connectivity index (χ0) is 18.7. The number of nitrogens with zero attached hydrogens (tertiary/aromatic N) is 3. The zero-order valence-corrected chi connectivity index (χ0v) is 14.1. The standard InChI is InChI=1S/C15H19N3O7/c1-9(2)13-8-16(4-5-25-13)14-11(15(19)24-3)6-10(17(20)21)7-12(14)18(22)23/h6-7,9,13H,4-5,8H2,1-3H3/t13-/m0/s1. The molecule has 0 spiro atoms. The molecule has 0 aliphatic carbocycles. The van der Waals surface area contributed by atoms with Crippen LogP contribution < -0.4 is 4.90 Å². The molecule has 1 aromatic rings. The Labute approximate surface area is 143 Å². The second kappa shape index (κ2) is 7.43. The molecule has 1 aromatic carbocycles. The molecule has 136 valence electrons. The van der Waals surface area contributed by atoms with Gasteiger partial charge in [-0.3, -0.25) is 20.2 Å². The molecule has 1 fully saturated rings. The molecule has 0 saturated carbocycles. The summed E-state index contributed by atoms with van der Waals surface area (Å²) in [5.74, 6) is -0.698. The normalized spacial score (nSPS) is 17.4. The largest absolute Gasteiger partial charge is 0.465 e. The summed E-state index contributed by atoms with van der Waals surface area (Å²) in [5.41, 5.74) is -1.22. The van der Waals surface area contributed by atoms with Gasteiger partial charge in [0.15, 0.2) is 0 Å². The highest BCUT2D eigenvalue weighted by atomic mass is 16.6. The van der Waals surface area contributed by atoms with E-state index < -0.39 is 27.2 Å². The van der Waals surface area contributed by atoms with Crippen molar-refractivity contribution >= 4 is 23.0 Å². The Morgan fingerprint density at radius 3 is 2.52 bits per heavy atom. The zero-order valence-electron chi connectivity index (χ0n) is 14.1. The lowest BCUT2D eigenvalue weighted by atomic mass is 10.0. The molecule has 0 aromatic heterocycles. The SMILES string of the molecule is COC(=O)c1cc([N+](=O)[O-])cc([N+](=O)[O-])c1N1CCO[C@H](C(C)C)C1. The summed E-state index contributed by atoms with van der Waals surface area (Å²) in [6.07, 6.45) is -0.172. The summed E-state index contributed by atoms with van der Waals surface area (Å²) in [7, 11) is 1.12. The van der Waals surface area contributed by atoms with Gasteiger partial charge in [-0.05, 0) is 5.92 Å². The number of carbonyl (C=O) groups is 1. The number of non-ortho nitro benzene ring substituents is 1. The van der Waals surface area contributed by atoms with Gasteiger partial charge in [0.1, 0.15) is 5.69 Å². The maximum absolute atomic E-state index is 12.1. The predicted molar refractivity (Wildman–Crippen MR) is 87.9 cm³/mol. The minimum Gasteiger partial charge on any atom is -0.465 e. The second-order valence-corrected chi connectivity index (χ2v) is 5.97. The van der Waals surface area contributed by atoms with E-state index in [9.17, 15) is 25.0 Å². The Morgan fingerprint density at radius 2 is 2.00 bits per heavy atom. The third kappa shape index (κ3) is 3.85. The number of hydrogen-bond acceptors (Lipinski definition) is 8. The van der Waals surface area contributed by atoms with Gasteiger partial charge in [-0.25, -0.2) is 4.79 Å². The van der Waals surface area contributed by atoms with Crippen LogP contribution in [0.25, 0.3) is 0 Å². The number of benzene rings is 1. The third-order valence-corrected chi connectivity index (χ3v) is 4.04. The first-order chi connectivity index (χ1) is 11.8. The van der Waals surface area contributed by atoms with Crippen molar-refractivity contribution in [2.24, 2.45) is 5.92 Å². The molecule has 0 amide bonds. The molecule has 25 heavy (non-hydrogen) atoms. The lowest BCUT2D eigenvalue weighted by Gasteiger charge is -2.36. The fraction of sp³-hybridized carbons (Fsp3) is 0.533. The minimum absolute atomic E-state index is 0.0244. The topological polar surface area (TPSA) is 125 Å². The monoisotopic (exact) mass is 353 g/mol. The summed E-state index contributed by atoms with van der Waals surface area (Å²) in [5, 5.41) is 22.6. The number of nitro groups is 2. The first-order valence-electron chi connectivity index (χ1n) is 7.68. The van der Waals surface area contributed by atoms with E-state index in [0.717, 1.165) is 19.2 Å². The lowest BCUT2D eigenvalue weighted by molar-refractivity contribution is -0.393. The van der Waals surface area contributed by atoms with Crippen molar-refractivity contribution < 1.29 is 24.1 Å². The molecular formula is C15H19N3O7. The first-order valence-corrected chi connectivity index (χ1v) is 7.68. The van der Waals surface area contributed by atoms with Crippen molar-refractivity contribution in [1.82, 2.24) is 0 Å². The van der Waals surface area contributed by atoms with Crippen molar-refractivity contribution in [3.8, 4) is 0 Å². The van der Waals surface area contributed by atoms with Gasteiger partial charge in [-0.2, -0.15) is 0 Å². The molecule has 2 rings (SSSR count). The summed E-state index contributed by atoms with van der Waals surface area (Å²) < 4.78 is 10.3. The average Bonchev–Trinajstić information content (AvgIpc) is 2.59. The van der Waals surface area contributed by atoms with E-state index in [1.807, 2.05) is 13.8 Å². The Bertz CT molecular complexity index is 705. The number of esters is 1. The smallest absolute Gasteiger partial charge is 0.340 e. The molecular weight excluding hydrogens is 334 g/mol. The molecule has 10 nitrogen and oxygen atoms in total. The van der Waals surface area contributed by atoms with E-state index in [4.69, 9.17) is 4.74 Å². The molecule has 0 bridgehead atoms. The molecule has 1 heterocycles. The van der Waals surface area contributed by atoms with E-state index in [2.05, 4.69) is 4.74 Å². The van der Waals surface area contributed by atoms with Crippen LogP contribution in [0.5, 0.6) is 0 Å². The van der Waals surface area contributed by atoms with Crippen LogP contribution in [0, 0.1) is 26.1 Å². The van der Waals surface area contributed by atoms with E-state index in [1.54, 1.807) is 4.90 Å². The summed E-state index contributed by atoms with van der Waals surface area (Å²) in [6, 6.07) is 1.87. The number of ether oxygens (including phenoxy) is 2. The molecule has 0 radical (unpaired) electrons. The van der Waals surface area contributed by atoms with E-state index in [1.165, 1.54) is 0 Å². The van der Waals surface area contributed by atoms with Gasteiger partial charge in [0, 0.05) is 19.2 Å².